The first-order chi connectivity index (χ1) is 13.5. The number of hydrogen-bond acceptors (Lipinski definition) is 4. The van der Waals surface area contributed by atoms with Crippen LogP contribution < -0.4 is 0 Å². The third kappa shape index (κ3) is 3.93. The Labute approximate surface area is 170 Å². The summed E-state index contributed by atoms with van der Waals surface area (Å²) in [5.74, 6) is 0.283. The minimum Gasteiger partial charge on any atom is -0.468 e. The van der Waals surface area contributed by atoms with Gasteiger partial charge in [0.2, 0.25) is 0 Å². The molecule has 28 heavy (non-hydrogen) atoms. The van der Waals surface area contributed by atoms with Gasteiger partial charge < -0.3 is 9.47 Å². The molecule has 0 heterocycles. The van der Waals surface area contributed by atoms with E-state index in [0.717, 1.165) is 42.4 Å². The van der Waals surface area contributed by atoms with Crippen molar-refractivity contribution in [1.82, 2.24) is 0 Å². The second-order valence-electron chi connectivity index (χ2n) is 7.34. The van der Waals surface area contributed by atoms with Gasteiger partial charge in [-0.2, -0.15) is 0 Å². The third-order valence-electron chi connectivity index (χ3n) is 5.64. The van der Waals surface area contributed by atoms with Gasteiger partial charge in [0.25, 0.3) is 0 Å². The van der Waals surface area contributed by atoms with E-state index in [0.29, 0.717) is 5.88 Å². The van der Waals surface area contributed by atoms with Crippen molar-refractivity contribution in [3.63, 3.8) is 0 Å². The van der Waals surface area contributed by atoms with Crippen molar-refractivity contribution in [2.24, 2.45) is 0 Å². The van der Waals surface area contributed by atoms with E-state index < -0.39 is 0 Å². The first kappa shape index (κ1) is 20.4. The van der Waals surface area contributed by atoms with Gasteiger partial charge in [-0.15, -0.1) is 11.6 Å². The smallest absolute Gasteiger partial charge is 0.316 e. The van der Waals surface area contributed by atoms with Crippen LogP contribution in [0, 0.1) is 0 Å². The summed E-state index contributed by atoms with van der Waals surface area (Å²) in [5.41, 5.74) is 2.53. The van der Waals surface area contributed by atoms with Gasteiger partial charge in [0.05, 0.1) is 25.0 Å². The number of methoxy groups -OCH3 is 2. The Morgan fingerprint density at radius 2 is 1.21 bits per heavy atom. The topological polar surface area (TPSA) is 52.6 Å². The molecule has 0 radical (unpaired) electrons. The molecule has 0 atom stereocenters. The summed E-state index contributed by atoms with van der Waals surface area (Å²) in [7, 11) is 2.89. The second kappa shape index (κ2) is 8.36. The predicted octanol–water partition coefficient (Wildman–Crippen LogP) is 4.52. The van der Waals surface area contributed by atoms with Crippen LogP contribution in [0.25, 0.3) is 0 Å². The zero-order chi connectivity index (χ0) is 20.2. The molecule has 0 spiro atoms. The van der Waals surface area contributed by atoms with Crippen LogP contribution in [0.15, 0.2) is 54.6 Å². The molecule has 2 aromatic rings. The number of rotatable bonds is 5. The van der Waals surface area contributed by atoms with E-state index in [4.69, 9.17) is 21.1 Å². The van der Waals surface area contributed by atoms with Crippen molar-refractivity contribution in [1.29, 1.82) is 0 Å². The van der Waals surface area contributed by atoms with E-state index in [-0.39, 0.29) is 22.8 Å². The quantitative estimate of drug-likeness (QED) is 0.547. The summed E-state index contributed by atoms with van der Waals surface area (Å²) in [6.45, 7) is 0. The van der Waals surface area contributed by atoms with Crippen molar-refractivity contribution in [3.8, 4) is 0 Å². The van der Waals surface area contributed by atoms with Gasteiger partial charge in [0.1, 0.15) is 0 Å². The van der Waals surface area contributed by atoms with Crippen LogP contribution in [0.1, 0.15) is 42.4 Å². The molecule has 0 aliphatic heterocycles. The standard InChI is InChI=1S/C12H13ClO2.C11H12O2/c1-15-11(14)12(6-7-12)10-4-2-9(8-13)3-5-10;1-13-10(12)11(7-8-11)9-5-3-2-4-6-9/h2-5H,6-8H2,1H3;2-6H,7-8H2,1H3. The number of halogens is 1. The molecule has 0 amide bonds. The Morgan fingerprint density at radius 3 is 1.57 bits per heavy atom. The molecule has 0 N–H and O–H groups in total. The molecule has 4 rings (SSSR count). The van der Waals surface area contributed by atoms with E-state index in [1.807, 2.05) is 54.6 Å². The fourth-order valence-corrected chi connectivity index (χ4v) is 3.71. The summed E-state index contributed by atoms with van der Waals surface area (Å²) in [6.07, 6.45) is 3.62. The summed E-state index contributed by atoms with van der Waals surface area (Å²) in [4.78, 5) is 23.1. The normalized spacial score (nSPS) is 17.5. The fraction of sp³-hybridized carbons (Fsp3) is 0.391. The fourth-order valence-electron chi connectivity index (χ4n) is 3.53. The van der Waals surface area contributed by atoms with E-state index in [2.05, 4.69) is 0 Å². The van der Waals surface area contributed by atoms with Gasteiger partial charge in [-0.25, -0.2) is 0 Å². The van der Waals surface area contributed by atoms with Crippen LogP contribution >= 0.6 is 11.6 Å². The minimum absolute atomic E-state index is 0.0984. The van der Waals surface area contributed by atoms with Gasteiger partial charge in [0, 0.05) is 5.88 Å². The average Bonchev–Trinajstić information content (AvgIpc) is 3.68. The second-order valence-corrected chi connectivity index (χ2v) is 7.61. The summed E-state index contributed by atoms with van der Waals surface area (Å²) < 4.78 is 9.62. The monoisotopic (exact) mass is 400 g/mol. The summed E-state index contributed by atoms with van der Waals surface area (Å²) in [5, 5.41) is 0. The lowest BCUT2D eigenvalue weighted by molar-refractivity contribution is -0.144. The van der Waals surface area contributed by atoms with Crippen molar-refractivity contribution < 1.29 is 19.1 Å². The Bertz CT molecular complexity index is 821. The van der Waals surface area contributed by atoms with Crippen molar-refractivity contribution in [2.45, 2.75) is 42.4 Å². The number of esters is 2. The van der Waals surface area contributed by atoms with Crippen LogP contribution in [0.2, 0.25) is 0 Å². The van der Waals surface area contributed by atoms with Crippen LogP contribution in [0.4, 0.5) is 0 Å². The highest BCUT2D eigenvalue weighted by Gasteiger charge is 2.53. The maximum absolute atomic E-state index is 11.6. The van der Waals surface area contributed by atoms with Gasteiger partial charge >= 0.3 is 11.9 Å². The van der Waals surface area contributed by atoms with E-state index in [1.54, 1.807) is 0 Å². The molecular weight excluding hydrogens is 376 g/mol. The number of carbonyl (C=O) groups excluding carboxylic acids is 2. The molecule has 2 fully saturated rings. The van der Waals surface area contributed by atoms with Crippen LogP contribution in [0.5, 0.6) is 0 Å². The molecule has 5 heteroatoms. The van der Waals surface area contributed by atoms with Crippen LogP contribution in [0.3, 0.4) is 0 Å². The van der Waals surface area contributed by atoms with E-state index >= 15 is 0 Å². The lowest BCUT2D eigenvalue weighted by Gasteiger charge is -2.12. The highest BCUT2D eigenvalue weighted by molar-refractivity contribution is 6.17. The number of benzene rings is 2. The maximum atomic E-state index is 11.6. The number of alkyl halides is 1. The Morgan fingerprint density at radius 1 is 0.786 bits per heavy atom. The average molecular weight is 401 g/mol. The zero-order valence-electron chi connectivity index (χ0n) is 16.2. The molecule has 0 bridgehead atoms. The molecule has 2 aliphatic carbocycles. The first-order valence-electron chi connectivity index (χ1n) is 9.40. The SMILES string of the molecule is COC(=O)C1(c2ccc(CCl)cc2)CC1.COC(=O)C1(c2ccccc2)CC1. The van der Waals surface area contributed by atoms with Crippen LogP contribution in [-0.4, -0.2) is 26.2 Å². The lowest BCUT2D eigenvalue weighted by Crippen LogP contribution is -2.21. The van der Waals surface area contributed by atoms with Crippen LogP contribution in [-0.2, 0) is 35.8 Å². The highest BCUT2D eigenvalue weighted by atomic mass is 35.5. The Balaban J connectivity index is 0.000000162. The Kier molecular flexibility index (Phi) is 6.09. The number of hydrogen-bond donors (Lipinski definition) is 0. The molecule has 0 unspecified atom stereocenters. The maximum Gasteiger partial charge on any atom is 0.316 e. The summed E-state index contributed by atoms with van der Waals surface area (Å²) in [6, 6.07) is 17.7. The molecule has 4 nitrogen and oxygen atoms in total. The molecule has 148 valence electrons. The van der Waals surface area contributed by atoms with E-state index in [1.165, 1.54) is 14.2 Å². The molecule has 2 saturated carbocycles. The molecule has 2 aromatic carbocycles. The Hall–Kier alpha value is -2.33. The van der Waals surface area contributed by atoms with Crippen molar-refractivity contribution in [3.05, 3.63) is 71.3 Å². The van der Waals surface area contributed by atoms with Gasteiger partial charge in [0.15, 0.2) is 0 Å². The third-order valence-corrected chi connectivity index (χ3v) is 5.95. The lowest BCUT2D eigenvalue weighted by atomic mass is 9.95. The molecule has 0 saturated heterocycles. The highest BCUT2D eigenvalue weighted by Crippen LogP contribution is 2.49. The number of carbonyl (C=O) groups is 2. The molecular formula is C23H25ClO4. The summed E-state index contributed by atoms with van der Waals surface area (Å²) >= 11 is 5.71. The zero-order valence-corrected chi connectivity index (χ0v) is 17.0. The molecule has 0 aromatic heterocycles. The van der Waals surface area contributed by atoms with Crippen molar-refractivity contribution in [2.75, 3.05) is 14.2 Å². The molecule has 2 aliphatic rings. The van der Waals surface area contributed by atoms with Crippen molar-refractivity contribution >= 4 is 23.5 Å². The first-order valence-corrected chi connectivity index (χ1v) is 9.93. The number of ether oxygens (including phenoxy) is 2. The minimum atomic E-state index is -0.362. The predicted molar refractivity (Wildman–Crippen MR) is 108 cm³/mol. The van der Waals surface area contributed by atoms with Gasteiger partial charge in [-0.1, -0.05) is 54.6 Å². The van der Waals surface area contributed by atoms with Gasteiger partial charge in [-0.3, -0.25) is 9.59 Å². The van der Waals surface area contributed by atoms with E-state index in [9.17, 15) is 9.59 Å². The largest absolute Gasteiger partial charge is 0.468 e. The van der Waals surface area contributed by atoms with Gasteiger partial charge in [-0.05, 0) is 42.4 Å².